The Labute approximate surface area is 167 Å². The molecule has 1 N–H and O–H groups in total. The molecule has 1 fully saturated rings. The van der Waals surface area contributed by atoms with Gasteiger partial charge in [-0.1, -0.05) is 23.7 Å². The first-order valence-electron chi connectivity index (χ1n) is 9.03. The van der Waals surface area contributed by atoms with Crippen molar-refractivity contribution >= 4 is 23.2 Å². The van der Waals surface area contributed by atoms with Crippen LogP contribution in [-0.4, -0.2) is 58.6 Å². The van der Waals surface area contributed by atoms with E-state index in [2.05, 4.69) is 25.3 Å². The van der Waals surface area contributed by atoms with Crippen LogP contribution in [0.25, 0.3) is 11.7 Å². The van der Waals surface area contributed by atoms with Gasteiger partial charge in [0, 0.05) is 26.2 Å². The van der Waals surface area contributed by atoms with Crippen molar-refractivity contribution in [1.29, 1.82) is 0 Å². The number of rotatable bonds is 6. The van der Waals surface area contributed by atoms with Gasteiger partial charge < -0.3 is 14.2 Å². The van der Waals surface area contributed by atoms with Crippen molar-refractivity contribution in [1.82, 2.24) is 20.0 Å². The summed E-state index contributed by atoms with van der Waals surface area (Å²) in [6.45, 7) is 4.12. The van der Waals surface area contributed by atoms with Gasteiger partial charge in [0.1, 0.15) is 0 Å². The first-order valence-corrected chi connectivity index (χ1v) is 9.40. The zero-order valence-electron chi connectivity index (χ0n) is 15.2. The summed E-state index contributed by atoms with van der Waals surface area (Å²) in [4.78, 5) is 16.6. The minimum absolute atomic E-state index is 0.0680. The smallest absolute Gasteiger partial charge is 0.283 e. The third-order valence-electron chi connectivity index (χ3n) is 4.54. The highest BCUT2D eigenvalue weighted by molar-refractivity contribution is 6.33. The Hall–Kier alpha value is -2.68. The number of para-hydroxylation sites is 1. The summed E-state index contributed by atoms with van der Waals surface area (Å²) in [5, 5.41) is 11.5. The number of amides is 1. The van der Waals surface area contributed by atoms with Gasteiger partial charge in [-0.15, -0.1) is 10.2 Å². The molecule has 9 heteroatoms. The molecule has 2 aromatic heterocycles. The lowest BCUT2D eigenvalue weighted by molar-refractivity contribution is -0.117. The molecule has 0 bridgehead atoms. The van der Waals surface area contributed by atoms with Crippen LogP contribution in [0, 0.1) is 0 Å². The van der Waals surface area contributed by atoms with E-state index in [4.69, 9.17) is 20.4 Å². The predicted octanol–water partition coefficient (Wildman–Crippen LogP) is 2.74. The Kier molecular flexibility index (Phi) is 5.70. The SMILES string of the molecule is O=C(CN1CCN(Cc2nnc(-c3ccco3)o2)CC1)Nc1ccccc1Cl. The van der Waals surface area contributed by atoms with E-state index >= 15 is 0 Å². The molecule has 1 saturated heterocycles. The summed E-state index contributed by atoms with van der Waals surface area (Å²) in [6.07, 6.45) is 1.57. The second kappa shape index (κ2) is 8.55. The van der Waals surface area contributed by atoms with Crippen LogP contribution in [0.15, 0.2) is 51.5 Å². The maximum atomic E-state index is 12.3. The zero-order chi connectivity index (χ0) is 19.3. The molecule has 0 atom stereocenters. The largest absolute Gasteiger partial charge is 0.459 e. The number of hydrogen-bond donors (Lipinski definition) is 1. The first kappa shape index (κ1) is 18.7. The van der Waals surface area contributed by atoms with E-state index in [1.54, 1.807) is 30.5 Å². The fraction of sp³-hybridized carbons (Fsp3) is 0.316. The number of furan rings is 1. The molecular weight excluding hydrogens is 382 g/mol. The lowest BCUT2D eigenvalue weighted by Crippen LogP contribution is -2.48. The highest BCUT2D eigenvalue weighted by atomic mass is 35.5. The Morgan fingerprint density at radius 3 is 2.61 bits per heavy atom. The molecule has 1 amide bonds. The highest BCUT2D eigenvalue weighted by Crippen LogP contribution is 2.21. The summed E-state index contributed by atoms with van der Waals surface area (Å²) in [5.41, 5.74) is 0.636. The Morgan fingerprint density at radius 2 is 1.86 bits per heavy atom. The molecule has 8 nitrogen and oxygen atoms in total. The minimum Gasteiger partial charge on any atom is -0.459 e. The number of halogens is 1. The van der Waals surface area contributed by atoms with Crippen LogP contribution in [-0.2, 0) is 11.3 Å². The lowest BCUT2D eigenvalue weighted by Gasteiger charge is -2.33. The summed E-state index contributed by atoms with van der Waals surface area (Å²) in [6, 6.07) is 10.8. The van der Waals surface area contributed by atoms with Gasteiger partial charge >= 0.3 is 0 Å². The number of nitrogens with one attached hydrogen (secondary N) is 1. The second-order valence-corrected chi connectivity index (χ2v) is 6.97. The van der Waals surface area contributed by atoms with Crippen molar-refractivity contribution in [3.05, 3.63) is 53.6 Å². The molecule has 4 rings (SSSR count). The number of anilines is 1. The van der Waals surface area contributed by atoms with E-state index in [0.29, 0.717) is 41.3 Å². The average Bonchev–Trinajstić information content (AvgIpc) is 3.37. The van der Waals surface area contributed by atoms with Crippen LogP contribution >= 0.6 is 11.6 Å². The molecule has 146 valence electrons. The van der Waals surface area contributed by atoms with Crippen molar-refractivity contribution in [2.45, 2.75) is 6.54 Å². The van der Waals surface area contributed by atoms with Crippen molar-refractivity contribution in [2.24, 2.45) is 0 Å². The molecule has 1 aromatic carbocycles. The van der Waals surface area contributed by atoms with Gasteiger partial charge in [-0.05, 0) is 24.3 Å². The van der Waals surface area contributed by atoms with Gasteiger partial charge in [-0.3, -0.25) is 14.6 Å². The van der Waals surface area contributed by atoms with Crippen LogP contribution in [0.1, 0.15) is 5.89 Å². The Balaban J connectivity index is 1.23. The van der Waals surface area contributed by atoms with E-state index in [1.165, 1.54) is 0 Å². The van der Waals surface area contributed by atoms with Crippen molar-refractivity contribution < 1.29 is 13.6 Å². The van der Waals surface area contributed by atoms with E-state index < -0.39 is 0 Å². The summed E-state index contributed by atoms with van der Waals surface area (Å²) in [7, 11) is 0. The lowest BCUT2D eigenvalue weighted by atomic mass is 10.3. The molecule has 1 aliphatic rings. The Bertz CT molecular complexity index is 919. The van der Waals surface area contributed by atoms with Gasteiger partial charge in [0.05, 0.1) is 30.1 Å². The van der Waals surface area contributed by atoms with Crippen molar-refractivity contribution in [3.63, 3.8) is 0 Å². The number of nitrogens with zero attached hydrogens (tertiary/aromatic N) is 4. The normalized spacial score (nSPS) is 15.6. The van der Waals surface area contributed by atoms with E-state index in [0.717, 1.165) is 26.2 Å². The fourth-order valence-electron chi connectivity index (χ4n) is 3.07. The topological polar surface area (TPSA) is 87.6 Å². The average molecular weight is 402 g/mol. The minimum atomic E-state index is -0.0680. The van der Waals surface area contributed by atoms with Crippen molar-refractivity contribution in [2.75, 3.05) is 38.0 Å². The monoisotopic (exact) mass is 401 g/mol. The van der Waals surface area contributed by atoms with Gasteiger partial charge in [0.25, 0.3) is 5.89 Å². The summed E-state index contributed by atoms with van der Waals surface area (Å²) < 4.78 is 10.9. The third kappa shape index (κ3) is 4.59. The number of hydrogen-bond acceptors (Lipinski definition) is 7. The fourth-order valence-corrected chi connectivity index (χ4v) is 3.25. The number of carbonyl (C=O) groups excluding carboxylic acids is 1. The second-order valence-electron chi connectivity index (χ2n) is 6.56. The van der Waals surface area contributed by atoms with Gasteiger partial charge in [-0.2, -0.15) is 0 Å². The highest BCUT2D eigenvalue weighted by Gasteiger charge is 2.21. The Morgan fingerprint density at radius 1 is 1.07 bits per heavy atom. The number of piperazine rings is 1. The van der Waals surface area contributed by atoms with Crippen molar-refractivity contribution in [3.8, 4) is 11.7 Å². The van der Waals surface area contributed by atoms with Gasteiger partial charge in [0.2, 0.25) is 11.8 Å². The molecule has 0 radical (unpaired) electrons. The molecule has 0 aliphatic carbocycles. The van der Waals surface area contributed by atoms with E-state index in [-0.39, 0.29) is 5.91 Å². The number of aromatic nitrogens is 2. The van der Waals surface area contributed by atoms with E-state index in [1.807, 2.05) is 12.1 Å². The standard InChI is InChI=1S/C19H20ClN5O3/c20-14-4-1-2-5-15(14)21-17(26)12-24-7-9-25(10-8-24)13-18-22-23-19(28-18)16-6-3-11-27-16/h1-6,11H,7-10,12-13H2,(H,21,26). The summed E-state index contributed by atoms with van der Waals surface area (Å²) in [5.74, 6) is 1.43. The molecule has 28 heavy (non-hydrogen) atoms. The molecule has 0 unspecified atom stereocenters. The first-order chi connectivity index (χ1) is 13.7. The number of benzene rings is 1. The molecular formula is C19H20ClN5O3. The van der Waals surface area contributed by atoms with E-state index in [9.17, 15) is 4.79 Å². The predicted molar refractivity (Wildman–Crippen MR) is 104 cm³/mol. The molecule has 3 aromatic rings. The molecule has 1 aliphatic heterocycles. The maximum absolute atomic E-state index is 12.3. The van der Waals surface area contributed by atoms with Crippen LogP contribution < -0.4 is 5.32 Å². The van der Waals surface area contributed by atoms with Gasteiger partial charge in [-0.25, -0.2) is 0 Å². The van der Waals surface area contributed by atoms with Gasteiger partial charge in [0.15, 0.2) is 5.76 Å². The molecule has 0 spiro atoms. The van der Waals surface area contributed by atoms with Crippen LogP contribution in [0.2, 0.25) is 5.02 Å². The quantitative estimate of drug-likeness (QED) is 0.679. The van der Waals surface area contributed by atoms with Crippen LogP contribution in [0.5, 0.6) is 0 Å². The zero-order valence-corrected chi connectivity index (χ0v) is 15.9. The molecule has 3 heterocycles. The summed E-state index contributed by atoms with van der Waals surface area (Å²) >= 11 is 6.08. The third-order valence-corrected chi connectivity index (χ3v) is 4.87. The van der Waals surface area contributed by atoms with Crippen LogP contribution in [0.3, 0.4) is 0 Å². The van der Waals surface area contributed by atoms with Crippen LogP contribution in [0.4, 0.5) is 5.69 Å². The maximum Gasteiger partial charge on any atom is 0.283 e. The number of carbonyl (C=O) groups is 1. The molecule has 0 saturated carbocycles.